The Kier molecular flexibility index (Phi) is 7.19. The summed E-state index contributed by atoms with van der Waals surface area (Å²) in [6.45, 7) is 6.04. The van der Waals surface area contributed by atoms with E-state index in [1.165, 1.54) is 12.5 Å². The van der Waals surface area contributed by atoms with Gasteiger partial charge in [-0.2, -0.15) is 13.2 Å². The van der Waals surface area contributed by atoms with Crippen LogP contribution < -0.4 is 10.1 Å². The number of halogens is 3. The minimum Gasteiger partial charge on any atom is -0.480 e. The van der Waals surface area contributed by atoms with Gasteiger partial charge >= 0.3 is 6.18 Å². The molecule has 1 saturated carbocycles. The maximum Gasteiger partial charge on any atom is 0.412 e. The molecule has 0 bridgehead atoms. The first kappa shape index (κ1) is 27.5. The van der Waals surface area contributed by atoms with Crippen molar-refractivity contribution in [1.29, 1.82) is 5.41 Å². The van der Waals surface area contributed by atoms with E-state index in [1.807, 2.05) is 26.0 Å². The van der Waals surface area contributed by atoms with Gasteiger partial charge in [0.1, 0.15) is 23.5 Å². The quantitative estimate of drug-likeness (QED) is 0.359. The van der Waals surface area contributed by atoms with E-state index in [0.29, 0.717) is 46.6 Å². The molecule has 40 heavy (non-hydrogen) atoms. The predicted molar refractivity (Wildman–Crippen MR) is 146 cm³/mol. The van der Waals surface area contributed by atoms with Crippen molar-refractivity contribution in [3.63, 3.8) is 0 Å². The average Bonchev–Trinajstić information content (AvgIpc) is 3.51. The molecule has 2 aliphatic rings. The molecule has 1 aliphatic heterocycles. The summed E-state index contributed by atoms with van der Waals surface area (Å²) in [6.07, 6.45) is 1.84. The minimum atomic E-state index is -4.38. The molecule has 0 spiro atoms. The average molecular weight is 553 g/mol. The fraction of sp³-hybridized carbons (Fsp3) is 0.429. The molecule has 9 nitrogen and oxygen atoms in total. The highest BCUT2D eigenvalue weighted by atomic mass is 19.4. The van der Waals surface area contributed by atoms with Crippen molar-refractivity contribution in [2.75, 3.05) is 19.0 Å². The Labute approximate surface area is 230 Å². The van der Waals surface area contributed by atoms with Crippen LogP contribution in [0.4, 0.5) is 19.0 Å². The highest BCUT2D eigenvalue weighted by Crippen LogP contribution is 2.50. The molecule has 1 aliphatic carbocycles. The highest BCUT2D eigenvalue weighted by molar-refractivity contribution is 6.00. The van der Waals surface area contributed by atoms with Crippen LogP contribution in [0.5, 0.6) is 5.88 Å². The monoisotopic (exact) mass is 552 g/mol. The van der Waals surface area contributed by atoms with Gasteiger partial charge in [-0.3, -0.25) is 4.99 Å². The number of hydrogen-bond donors (Lipinski definition) is 2. The largest absolute Gasteiger partial charge is 0.480 e. The predicted octanol–water partition coefficient (Wildman–Crippen LogP) is 5.00. The summed E-state index contributed by atoms with van der Waals surface area (Å²) >= 11 is 0. The zero-order valence-electron chi connectivity index (χ0n) is 22.8. The van der Waals surface area contributed by atoms with Crippen LogP contribution >= 0.6 is 0 Å². The molecular weight excluding hydrogens is 521 g/mol. The Morgan fingerprint density at radius 3 is 2.50 bits per heavy atom. The van der Waals surface area contributed by atoms with E-state index in [9.17, 15) is 13.2 Å². The maximum atomic E-state index is 13.4. The first-order valence-corrected chi connectivity index (χ1v) is 13.1. The Hall–Kier alpha value is -4.09. The van der Waals surface area contributed by atoms with Gasteiger partial charge in [0.2, 0.25) is 5.88 Å². The number of amidine groups is 1. The topological polar surface area (TPSA) is 112 Å². The van der Waals surface area contributed by atoms with Gasteiger partial charge in [0.25, 0.3) is 0 Å². The fourth-order valence-corrected chi connectivity index (χ4v) is 4.73. The standard InChI is InChI=1S/C28H31F3N8O/c1-16(2)39-14-20(28(29,30)31)37-25(39)18-7-5-17(6-8-18)12-33-23-19(11-32)13-34-24(38-23)21-22(27(3)9-10-27)35-15-36-26(21)40-4/h5-8,11,13,15-16,20,32H,9-10,12,14H2,1-4H3,(H,33,34,38). The highest BCUT2D eigenvalue weighted by Gasteiger charge is 2.46. The van der Waals surface area contributed by atoms with Crippen molar-refractivity contribution in [1.82, 2.24) is 24.8 Å². The van der Waals surface area contributed by atoms with Gasteiger partial charge in [0.05, 0.1) is 24.9 Å². The molecule has 1 unspecified atom stereocenters. The van der Waals surface area contributed by atoms with Crippen molar-refractivity contribution >= 4 is 17.9 Å². The minimum absolute atomic E-state index is 0.0840. The summed E-state index contributed by atoms with van der Waals surface area (Å²) in [5.41, 5.74) is 3.40. The third-order valence-electron chi connectivity index (χ3n) is 7.37. The summed E-state index contributed by atoms with van der Waals surface area (Å²) < 4.78 is 45.6. The van der Waals surface area contributed by atoms with Crippen LogP contribution in [0.2, 0.25) is 0 Å². The van der Waals surface area contributed by atoms with Gasteiger partial charge < -0.3 is 20.4 Å². The summed E-state index contributed by atoms with van der Waals surface area (Å²) in [4.78, 5) is 23.7. The number of methoxy groups -OCH3 is 1. The van der Waals surface area contributed by atoms with E-state index < -0.39 is 12.2 Å². The van der Waals surface area contributed by atoms with Crippen LogP contribution in [0.3, 0.4) is 0 Å². The smallest absolute Gasteiger partial charge is 0.412 e. The summed E-state index contributed by atoms with van der Waals surface area (Å²) in [5, 5.41) is 11.1. The van der Waals surface area contributed by atoms with Crippen LogP contribution in [0.25, 0.3) is 11.4 Å². The normalized spacial score (nSPS) is 18.1. The molecule has 0 amide bonds. The van der Waals surface area contributed by atoms with E-state index in [0.717, 1.165) is 24.1 Å². The molecule has 0 saturated heterocycles. The summed E-state index contributed by atoms with van der Waals surface area (Å²) in [7, 11) is 1.54. The first-order chi connectivity index (χ1) is 19.0. The lowest BCUT2D eigenvalue weighted by atomic mass is 9.99. The van der Waals surface area contributed by atoms with E-state index in [1.54, 1.807) is 30.3 Å². The van der Waals surface area contributed by atoms with Crippen LogP contribution in [-0.2, 0) is 12.0 Å². The molecule has 1 aromatic carbocycles. The molecule has 2 aromatic heterocycles. The van der Waals surface area contributed by atoms with Crippen LogP contribution in [-0.4, -0.2) is 68.8 Å². The number of anilines is 1. The molecule has 1 atom stereocenters. The zero-order chi connectivity index (χ0) is 28.7. The van der Waals surface area contributed by atoms with Crippen molar-refractivity contribution in [3.05, 3.63) is 59.2 Å². The second-order valence-electron chi connectivity index (χ2n) is 10.6. The maximum absolute atomic E-state index is 13.4. The second-order valence-corrected chi connectivity index (χ2v) is 10.6. The Morgan fingerprint density at radius 2 is 1.90 bits per heavy atom. The lowest BCUT2D eigenvalue weighted by molar-refractivity contribution is -0.146. The summed E-state index contributed by atoms with van der Waals surface area (Å²) in [6, 6.07) is 5.40. The third-order valence-corrected chi connectivity index (χ3v) is 7.37. The Balaban J connectivity index is 1.38. The molecule has 2 N–H and O–H groups in total. The number of hydrogen-bond acceptors (Lipinski definition) is 9. The molecular formula is C28H31F3N8O. The molecule has 3 aromatic rings. The number of aliphatic imine (C=N–C) groups is 1. The number of rotatable bonds is 9. The van der Waals surface area contributed by atoms with Gasteiger partial charge in [0, 0.05) is 36.0 Å². The van der Waals surface area contributed by atoms with E-state index in [4.69, 9.17) is 15.1 Å². The molecule has 210 valence electrons. The number of ether oxygens (including phenoxy) is 1. The van der Waals surface area contributed by atoms with Crippen molar-refractivity contribution in [3.8, 4) is 17.3 Å². The van der Waals surface area contributed by atoms with Crippen LogP contribution in [0, 0.1) is 5.41 Å². The number of aromatic nitrogens is 4. The molecule has 1 fully saturated rings. The zero-order valence-corrected chi connectivity index (χ0v) is 22.8. The van der Waals surface area contributed by atoms with Crippen LogP contribution in [0.15, 0.2) is 41.8 Å². The number of benzene rings is 1. The second kappa shape index (κ2) is 10.5. The molecule has 12 heteroatoms. The van der Waals surface area contributed by atoms with Gasteiger partial charge in [0.15, 0.2) is 11.9 Å². The van der Waals surface area contributed by atoms with Crippen molar-refractivity contribution < 1.29 is 17.9 Å². The molecule has 3 heterocycles. The Bertz CT molecular complexity index is 1430. The third kappa shape index (κ3) is 5.34. The first-order valence-electron chi connectivity index (χ1n) is 13.1. The Morgan fingerprint density at radius 1 is 1.18 bits per heavy atom. The number of alkyl halides is 3. The summed E-state index contributed by atoms with van der Waals surface area (Å²) in [5.74, 6) is 1.60. The van der Waals surface area contributed by atoms with Crippen molar-refractivity contribution in [2.45, 2.75) is 63.8 Å². The van der Waals surface area contributed by atoms with E-state index in [2.05, 4.69) is 32.2 Å². The lowest BCUT2D eigenvalue weighted by Crippen LogP contribution is -2.39. The number of nitrogens with zero attached hydrogens (tertiary/aromatic N) is 6. The molecule has 0 radical (unpaired) electrons. The van der Waals surface area contributed by atoms with Gasteiger partial charge in [-0.1, -0.05) is 31.2 Å². The lowest BCUT2D eigenvalue weighted by Gasteiger charge is -2.25. The van der Waals surface area contributed by atoms with Gasteiger partial charge in [-0.15, -0.1) is 0 Å². The van der Waals surface area contributed by atoms with Gasteiger partial charge in [-0.25, -0.2) is 19.9 Å². The SMILES string of the molecule is COc1ncnc(C2(C)CC2)c1-c1ncc(C=N)c(NCc2ccc(C3=NC(C(F)(F)F)CN3C(C)C)cc2)n1. The van der Waals surface area contributed by atoms with E-state index >= 15 is 0 Å². The fourth-order valence-electron chi connectivity index (χ4n) is 4.73. The van der Waals surface area contributed by atoms with Crippen molar-refractivity contribution in [2.24, 2.45) is 4.99 Å². The molecule has 5 rings (SSSR count). The number of nitrogens with one attached hydrogen (secondary N) is 2. The van der Waals surface area contributed by atoms with Gasteiger partial charge in [-0.05, 0) is 32.3 Å². The van der Waals surface area contributed by atoms with Crippen LogP contribution in [0.1, 0.15) is 56.0 Å². The van der Waals surface area contributed by atoms with E-state index in [-0.39, 0.29) is 18.0 Å².